The highest BCUT2D eigenvalue weighted by molar-refractivity contribution is 5.73. The quantitative estimate of drug-likeness (QED) is 0.794. The molecule has 4 rings (SSSR count). The molecule has 0 bridgehead atoms. The van der Waals surface area contributed by atoms with Crippen LogP contribution in [0.5, 0.6) is 0 Å². The molecule has 0 aromatic carbocycles. The van der Waals surface area contributed by atoms with Crippen LogP contribution in [-0.4, -0.2) is 77.6 Å². The van der Waals surface area contributed by atoms with Crippen LogP contribution in [-0.2, 0) is 9.53 Å². The van der Waals surface area contributed by atoms with Gasteiger partial charge in [0, 0.05) is 44.6 Å². The summed E-state index contributed by atoms with van der Waals surface area (Å²) in [7, 11) is 0. The molecule has 1 spiro atoms. The standard InChI is InChI=1S/C17H26N4O.C2HF3O2/c1-14-12-18-16(19-13-14)21-4-2-17(3-5-21)10-15(11-17)20-6-8-22-9-7-20;3-2(4,5)1(6)7/h12-13,15H,2-11H2,1H3;(H,6,7). The maximum absolute atomic E-state index is 10.6. The highest BCUT2D eigenvalue weighted by atomic mass is 19.4. The molecule has 0 radical (unpaired) electrons. The number of aromatic nitrogens is 2. The number of aryl methyl sites for hydroxylation is 1. The number of hydrogen-bond donors (Lipinski definition) is 1. The molecule has 1 aromatic rings. The monoisotopic (exact) mass is 416 g/mol. The number of alkyl halides is 3. The summed E-state index contributed by atoms with van der Waals surface area (Å²) in [5.74, 6) is -1.85. The number of ether oxygens (including phenoxy) is 1. The smallest absolute Gasteiger partial charge is 0.475 e. The van der Waals surface area contributed by atoms with Crippen molar-refractivity contribution in [1.29, 1.82) is 0 Å². The van der Waals surface area contributed by atoms with Gasteiger partial charge in [-0.2, -0.15) is 13.2 Å². The minimum atomic E-state index is -5.08. The van der Waals surface area contributed by atoms with Crippen LogP contribution in [0, 0.1) is 12.3 Å². The summed E-state index contributed by atoms with van der Waals surface area (Å²) < 4.78 is 37.2. The van der Waals surface area contributed by atoms with Gasteiger partial charge in [-0.05, 0) is 43.6 Å². The fourth-order valence-corrected chi connectivity index (χ4v) is 4.28. The van der Waals surface area contributed by atoms with Crippen molar-refractivity contribution in [2.45, 2.75) is 44.8 Å². The molecule has 10 heteroatoms. The second-order valence-electron chi connectivity index (χ2n) is 8.06. The lowest BCUT2D eigenvalue weighted by molar-refractivity contribution is -0.192. The molecular weight excluding hydrogens is 389 g/mol. The largest absolute Gasteiger partial charge is 0.490 e. The van der Waals surface area contributed by atoms with E-state index in [0.29, 0.717) is 5.41 Å². The van der Waals surface area contributed by atoms with Gasteiger partial charge in [-0.15, -0.1) is 0 Å². The molecule has 1 aromatic heterocycles. The van der Waals surface area contributed by atoms with E-state index >= 15 is 0 Å². The zero-order valence-electron chi connectivity index (χ0n) is 16.5. The molecule has 3 aliphatic rings. The van der Waals surface area contributed by atoms with Gasteiger partial charge in [0.05, 0.1) is 13.2 Å². The SMILES string of the molecule is Cc1cnc(N2CCC3(CC2)CC(N2CCOCC2)C3)nc1.O=C(O)C(F)(F)F. The summed E-state index contributed by atoms with van der Waals surface area (Å²) in [6.07, 6.45) is 4.12. The highest BCUT2D eigenvalue weighted by Crippen LogP contribution is 2.51. The molecule has 2 aliphatic heterocycles. The van der Waals surface area contributed by atoms with E-state index in [2.05, 4.69) is 19.8 Å². The van der Waals surface area contributed by atoms with Crippen LogP contribution >= 0.6 is 0 Å². The number of anilines is 1. The third kappa shape index (κ3) is 5.57. The Morgan fingerprint density at radius 1 is 1.14 bits per heavy atom. The Hall–Kier alpha value is -1.94. The van der Waals surface area contributed by atoms with Gasteiger partial charge in [0.2, 0.25) is 5.95 Å². The normalized spacial score (nSPS) is 22.6. The lowest BCUT2D eigenvalue weighted by Gasteiger charge is -2.55. The van der Waals surface area contributed by atoms with Gasteiger partial charge >= 0.3 is 12.1 Å². The van der Waals surface area contributed by atoms with Gasteiger partial charge in [-0.3, -0.25) is 4.90 Å². The van der Waals surface area contributed by atoms with Gasteiger partial charge in [-0.25, -0.2) is 14.8 Å². The molecule has 29 heavy (non-hydrogen) atoms. The number of carbonyl (C=O) groups is 1. The van der Waals surface area contributed by atoms with Crippen LogP contribution in [0.2, 0.25) is 0 Å². The van der Waals surface area contributed by atoms with Crippen molar-refractivity contribution in [3.05, 3.63) is 18.0 Å². The summed E-state index contributed by atoms with van der Waals surface area (Å²) in [6, 6.07) is 0.811. The summed E-state index contributed by atoms with van der Waals surface area (Å²) in [4.78, 5) is 22.8. The van der Waals surface area contributed by atoms with Crippen LogP contribution in [0.4, 0.5) is 19.1 Å². The van der Waals surface area contributed by atoms with Crippen LogP contribution in [0.25, 0.3) is 0 Å². The number of hydrogen-bond acceptors (Lipinski definition) is 6. The van der Waals surface area contributed by atoms with E-state index < -0.39 is 12.1 Å². The fourth-order valence-electron chi connectivity index (χ4n) is 4.28. The first kappa shape index (κ1) is 21.8. The Labute approximate surface area is 167 Å². The van der Waals surface area contributed by atoms with Crippen molar-refractivity contribution in [3.8, 4) is 0 Å². The summed E-state index contributed by atoms with van der Waals surface area (Å²) >= 11 is 0. The number of carboxylic acid groups (broad SMARTS) is 1. The highest BCUT2D eigenvalue weighted by Gasteiger charge is 2.48. The molecule has 3 fully saturated rings. The molecule has 1 aliphatic carbocycles. The van der Waals surface area contributed by atoms with Gasteiger partial charge in [0.25, 0.3) is 0 Å². The topological polar surface area (TPSA) is 78.8 Å². The molecule has 0 unspecified atom stereocenters. The molecule has 3 heterocycles. The molecule has 0 amide bonds. The molecule has 0 atom stereocenters. The van der Waals surface area contributed by atoms with Crippen molar-refractivity contribution in [1.82, 2.24) is 14.9 Å². The lowest BCUT2D eigenvalue weighted by atomic mass is 9.60. The van der Waals surface area contributed by atoms with Crippen molar-refractivity contribution in [3.63, 3.8) is 0 Å². The van der Waals surface area contributed by atoms with Crippen LogP contribution < -0.4 is 4.90 Å². The van der Waals surface area contributed by atoms with E-state index in [0.717, 1.165) is 56.9 Å². The van der Waals surface area contributed by atoms with Crippen LogP contribution in [0.15, 0.2) is 12.4 Å². The molecular formula is C19H27F3N4O3. The van der Waals surface area contributed by atoms with E-state index in [1.165, 1.54) is 25.7 Å². The second kappa shape index (κ2) is 8.83. The number of aliphatic carboxylic acids is 1. The first-order valence-electron chi connectivity index (χ1n) is 9.84. The molecule has 7 nitrogen and oxygen atoms in total. The van der Waals surface area contributed by atoms with Crippen molar-refractivity contribution >= 4 is 11.9 Å². The Morgan fingerprint density at radius 2 is 1.66 bits per heavy atom. The van der Waals surface area contributed by atoms with Crippen molar-refractivity contribution in [2.75, 3.05) is 44.3 Å². The number of carboxylic acids is 1. The van der Waals surface area contributed by atoms with E-state index in [-0.39, 0.29) is 0 Å². The number of halogens is 3. The number of morpholine rings is 1. The van der Waals surface area contributed by atoms with E-state index in [1.54, 1.807) is 0 Å². The van der Waals surface area contributed by atoms with Gasteiger partial charge in [0.15, 0.2) is 0 Å². The zero-order chi connectivity index (χ0) is 21.1. The third-order valence-corrected chi connectivity index (χ3v) is 6.02. The Morgan fingerprint density at radius 3 is 2.14 bits per heavy atom. The Balaban J connectivity index is 0.000000298. The Kier molecular flexibility index (Phi) is 6.62. The van der Waals surface area contributed by atoms with E-state index in [1.807, 2.05) is 19.3 Å². The first-order chi connectivity index (χ1) is 13.7. The van der Waals surface area contributed by atoms with Gasteiger partial charge in [0.1, 0.15) is 0 Å². The zero-order valence-corrected chi connectivity index (χ0v) is 16.5. The van der Waals surface area contributed by atoms with Crippen LogP contribution in [0.3, 0.4) is 0 Å². The minimum absolute atomic E-state index is 0.601. The number of nitrogens with zero attached hydrogens (tertiary/aromatic N) is 4. The summed E-state index contributed by atoms with van der Waals surface area (Å²) in [6.45, 7) is 8.35. The predicted molar refractivity (Wildman–Crippen MR) is 99.8 cm³/mol. The predicted octanol–water partition coefficient (Wildman–Crippen LogP) is 2.50. The van der Waals surface area contributed by atoms with Gasteiger partial charge in [-0.1, -0.05) is 0 Å². The van der Waals surface area contributed by atoms with Gasteiger partial charge < -0.3 is 14.7 Å². The third-order valence-electron chi connectivity index (χ3n) is 6.02. The maximum Gasteiger partial charge on any atom is 0.490 e. The molecule has 162 valence electrons. The minimum Gasteiger partial charge on any atom is -0.475 e. The maximum atomic E-state index is 10.6. The summed E-state index contributed by atoms with van der Waals surface area (Å²) in [5, 5.41) is 7.12. The van der Waals surface area contributed by atoms with E-state index in [4.69, 9.17) is 14.6 Å². The average molecular weight is 416 g/mol. The van der Waals surface area contributed by atoms with Crippen molar-refractivity contribution < 1.29 is 27.8 Å². The van der Waals surface area contributed by atoms with E-state index in [9.17, 15) is 13.2 Å². The fraction of sp³-hybridized carbons (Fsp3) is 0.737. The summed E-state index contributed by atoms with van der Waals surface area (Å²) in [5.41, 5.74) is 1.73. The number of rotatable bonds is 2. The average Bonchev–Trinajstić information content (AvgIpc) is 2.67. The molecule has 1 N–H and O–H groups in total. The lowest BCUT2D eigenvalue weighted by Crippen LogP contribution is -2.57. The second-order valence-corrected chi connectivity index (χ2v) is 8.06. The number of piperidine rings is 1. The molecule has 2 saturated heterocycles. The first-order valence-corrected chi connectivity index (χ1v) is 9.84. The van der Waals surface area contributed by atoms with Crippen LogP contribution in [0.1, 0.15) is 31.2 Å². The molecule has 1 saturated carbocycles. The Bertz CT molecular complexity index is 677. The van der Waals surface area contributed by atoms with Crippen molar-refractivity contribution in [2.24, 2.45) is 5.41 Å².